The van der Waals surface area contributed by atoms with Crippen LogP contribution < -0.4 is 0 Å². The lowest BCUT2D eigenvalue weighted by Gasteiger charge is -2.21. The zero-order valence-corrected chi connectivity index (χ0v) is 17.6. The van der Waals surface area contributed by atoms with E-state index in [2.05, 4.69) is 28.3 Å². The Morgan fingerprint density at radius 1 is 1.03 bits per heavy atom. The van der Waals surface area contributed by atoms with E-state index in [0.717, 1.165) is 40.8 Å². The van der Waals surface area contributed by atoms with Crippen LogP contribution >= 0.6 is 0 Å². The molecule has 154 valence electrons. The second-order valence-corrected chi connectivity index (χ2v) is 9.75. The largest absolute Gasteiger partial charge is 0.361 e. The van der Waals surface area contributed by atoms with E-state index < -0.39 is 10.0 Å². The van der Waals surface area contributed by atoms with E-state index >= 15 is 0 Å². The second-order valence-electron chi connectivity index (χ2n) is 7.66. The smallest absolute Gasteiger partial charge is 0.214 e. The van der Waals surface area contributed by atoms with Crippen LogP contribution in [0.4, 0.5) is 0 Å². The number of hydrogen-bond donors (Lipinski definition) is 0. The van der Waals surface area contributed by atoms with Gasteiger partial charge in [-0.25, -0.2) is 12.7 Å². The van der Waals surface area contributed by atoms with Gasteiger partial charge in [0.15, 0.2) is 0 Å². The molecule has 0 unspecified atom stereocenters. The fourth-order valence-electron chi connectivity index (χ4n) is 3.98. The molecule has 1 aliphatic heterocycles. The monoisotopic (exact) mass is 413 g/mol. The Hall–Kier alpha value is -2.22. The van der Waals surface area contributed by atoms with Crippen LogP contribution in [-0.4, -0.2) is 54.7 Å². The van der Waals surface area contributed by atoms with Gasteiger partial charge in [0.25, 0.3) is 0 Å². The molecular weight excluding hydrogens is 386 g/mol. The molecule has 0 bridgehead atoms. The van der Waals surface area contributed by atoms with Gasteiger partial charge >= 0.3 is 0 Å². The predicted octanol–water partition coefficient (Wildman–Crippen LogP) is 3.22. The number of sulfonamides is 1. The molecule has 1 saturated heterocycles. The maximum atomic E-state index is 13.0. The summed E-state index contributed by atoms with van der Waals surface area (Å²) in [6, 6.07) is 16.2. The lowest BCUT2D eigenvalue weighted by atomic mass is 10.0. The molecule has 4 rings (SSSR count). The normalized spacial score (nSPS) is 16.9. The van der Waals surface area contributed by atoms with Crippen molar-refractivity contribution >= 4 is 20.8 Å². The summed E-state index contributed by atoms with van der Waals surface area (Å²) in [5.41, 5.74) is 1.99. The summed E-state index contributed by atoms with van der Waals surface area (Å²) in [5.74, 6) is 0.941. The Balaban J connectivity index is 1.38. The molecule has 1 fully saturated rings. The predicted molar refractivity (Wildman–Crippen MR) is 114 cm³/mol. The first kappa shape index (κ1) is 20.1. The summed E-state index contributed by atoms with van der Waals surface area (Å²) >= 11 is 0. The minimum Gasteiger partial charge on any atom is -0.361 e. The maximum Gasteiger partial charge on any atom is 0.214 e. The highest BCUT2D eigenvalue weighted by Crippen LogP contribution is 2.20. The van der Waals surface area contributed by atoms with Crippen molar-refractivity contribution in [2.24, 2.45) is 0 Å². The van der Waals surface area contributed by atoms with Gasteiger partial charge < -0.3 is 4.52 Å². The minimum absolute atomic E-state index is 0.142. The highest BCUT2D eigenvalue weighted by Gasteiger charge is 2.25. The summed E-state index contributed by atoms with van der Waals surface area (Å²) in [5, 5.41) is 6.33. The van der Waals surface area contributed by atoms with Crippen molar-refractivity contribution in [2.75, 3.05) is 31.9 Å². The van der Waals surface area contributed by atoms with Gasteiger partial charge in [-0.2, -0.15) is 0 Å². The van der Waals surface area contributed by atoms with Crippen molar-refractivity contribution in [3.8, 4) is 0 Å². The highest BCUT2D eigenvalue weighted by atomic mass is 32.2. The fourth-order valence-corrected chi connectivity index (χ4v) is 5.49. The summed E-state index contributed by atoms with van der Waals surface area (Å²) in [4.78, 5) is 2.25. The highest BCUT2D eigenvalue weighted by molar-refractivity contribution is 7.89. The number of aromatic nitrogens is 1. The zero-order chi connectivity index (χ0) is 20.3. The average Bonchev–Trinajstić information content (AvgIpc) is 2.97. The van der Waals surface area contributed by atoms with E-state index in [1.54, 1.807) is 4.31 Å². The first-order chi connectivity index (χ1) is 14.0. The topological polar surface area (TPSA) is 66.7 Å². The zero-order valence-electron chi connectivity index (χ0n) is 16.8. The lowest BCUT2D eigenvalue weighted by Crippen LogP contribution is -2.37. The van der Waals surface area contributed by atoms with Crippen LogP contribution in [0.5, 0.6) is 0 Å². The molecule has 0 N–H and O–H groups in total. The third kappa shape index (κ3) is 4.86. The summed E-state index contributed by atoms with van der Waals surface area (Å²) < 4.78 is 32.8. The molecule has 0 aliphatic carbocycles. The third-order valence-corrected chi connectivity index (χ3v) is 7.38. The average molecular weight is 414 g/mol. The number of nitrogens with zero attached hydrogens (tertiary/aromatic N) is 3. The van der Waals surface area contributed by atoms with Gasteiger partial charge in [0.05, 0.1) is 11.4 Å². The van der Waals surface area contributed by atoms with Gasteiger partial charge in [0.1, 0.15) is 5.76 Å². The van der Waals surface area contributed by atoms with E-state index in [9.17, 15) is 8.42 Å². The number of aryl methyl sites for hydroxylation is 2. The van der Waals surface area contributed by atoms with Crippen LogP contribution in [0.15, 0.2) is 53.1 Å². The van der Waals surface area contributed by atoms with Crippen molar-refractivity contribution in [1.82, 2.24) is 14.4 Å². The maximum absolute atomic E-state index is 13.0. The second kappa shape index (κ2) is 8.65. The molecule has 29 heavy (non-hydrogen) atoms. The first-order valence-electron chi connectivity index (χ1n) is 10.1. The molecule has 6 nitrogen and oxygen atoms in total. The molecule has 2 heterocycles. The molecule has 0 saturated carbocycles. The van der Waals surface area contributed by atoms with Gasteiger partial charge in [-0.1, -0.05) is 47.6 Å². The van der Waals surface area contributed by atoms with Gasteiger partial charge in [-0.15, -0.1) is 0 Å². The molecular formula is C22H27N3O3S. The van der Waals surface area contributed by atoms with Gasteiger partial charge in [-0.3, -0.25) is 4.90 Å². The lowest BCUT2D eigenvalue weighted by molar-refractivity contribution is 0.268. The molecule has 3 aromatic rings. The summed E-state index contributed by atoms with van der Waals surface area (Å²) in [6.07, 6.45) is 1.35. The van der Waals surface area contributed by atoms with Crippen molar-refractivity contribution in [2.45, 2.75) is 26.3 Å². The van der Waals surface area contributed by atoms with E-state index in [-0.39, 0.29) is 5.75 Å². The van der Waals surface area contributed by atoms with Crippen molar-refractivity contribution < 1.29 is 12.9 Å². The minimum atomic E-state index is -3.29. The standard InChI is InChI=1S/C22H27N3O3S/c1-18-16-21(23-28-18)17-24-11-5-12-25(14-13-24)29(26,27)15-10-20-8-4-7-19-6-2-3-9-22(19)20/h2-4,6-9,16H,5,10-15,17H2,1H3. The summed E-state index contributed by atoms with van der Waals surface area (Å²) in [7, 11) is -3.29. The molecule has 7 heteroatoms. The summed E-state index contributed by atoms with van der Waals surface area (Å²) in [6.45, 7) is 5.24. The van der Waals surface area contributed by atoms with E-state index in [0.29, 0.717) is 32.6 Å². The Morgan fingerprint density at radius 2 is 1.86 bits per heavy atom. The van der Waals surface area contributed by atoms with Crippen molar-refractivity contribution in [3.63, 3.8) is 0 Å². The van der Waals surface area contributed by atoms with Crippen molar-refractivity contribution in [3.05, 3.63) is 65.5 Å². The molecule has 0 spiro atoms. The molecule has 2 aromatic carbocycles. The number of rotatable bonds is 6. The first-order valence-corrected chi connectivity index (χ1v) is 11.7. The van der Waals surface area contributed by atoms with Crippen LogP contribution in [0.25, 0.3) is 10.8 Å². The Bertz CT molecular complexity index is 1070. The molecule has 0 radical (unpaired) electrons. The van der Waals surface area contributed by atoms with Crippen LogP contribution in [0, 0.1) is 6.92 Å². The Labute approximate surface area is 172 Å². The Kier molecular flexibility index (Phi) is 5.99. The Morgan fingerprint density at radius 3 is 2.69 bits per heavy atom. The van der Waals surface area contributed by atoms with Crippen LogP contribution in [-0.2, 0) is 23.0 Å². The number of hydrogen-bond acceptors (Lipinski definition) is 5. The van der Waals surface area contributed by atoms with Gasteiger partial charge in [0.2, 0.25) is 10.0 Å². The third-order valence-electron chi connectivity index (χ3n) is 5.51. The SMILES string of the molecule is Cc1cc(CN2CCCN(S(=O)(=O)CCc3cccc4ccccc34)CC2)no1. The van der Waals surface area contributed by atoms with Crippen molar-refractivity contribution in [1.29, 1.82) is 0 Å². The van der Waals surface area contributed by atoms with E-state index in [1.807, 2.05) is 37.3 Å². The van der Waals surface area contributed by atoms with Crippen LogP contribution in [0.1, 0.15) is 23.4 Å². The molecule has 0 atom stereocenters. The fraction of sp³-hybridized carbons (Fsp3) is 0.409. The van der Waals surface area contributed by atoms with Crippen LogP contribution in [0.3, 0.4) is 0 Å². The molecule has 1 aromatic heterocycles. The van der Waals surface area contributed by atoms with Gasteiger partial charge in [-0.05, 0) is 42.6 Å². The quantitative estimate of drug-likeness (QED) is 0.621. The number of fused-ring (bicyclic) bond motifs is 1. The van der Waals surface area contributed by atoms with E-state index in [4.69, 9.17) is 4.52 Å². The molecule has 1 aliphatic rings. The van der Waals surface area contributed by atoms with Crippen LogP contribution in [0.2, 0.25) is 0 Å². The number of benzene rings is 2. The van der Waals surface area contributed by atoms with E-state index in [1.165, 1.54) is 0 Å². The van der Waals surface area contributed by atoms with Gasteiger partial charge in [0, 0.05) is 32.2 Å². The molecule has 0 amide bonds.